The SMILES string of the molecule is CCCC1([AsH]C[C@H](O)CCc2ccccc2)CCC1. The normalized spacial score (nSPS) is 19.5. The van der Waals surface area contributed by atoms with E-state index < -0.39 is 0 Å². The summed E-state index contributed by atoms with van der Waals surface area (Å²) in [7, 11) is 0. The first-order valence-corrected chi connectivity index (χ1v) is 10.2. The van der Waals surface area contributed by atoms with E-state index in [1.807, 2.05) is 0 Å². The number of benzene rings is 1. The fraction of sp³-hybridized carbons (Fsp3) is 0.647. The molecule has 1 unspecified atom stereocenters. The fourth-order valence-electron chi connectivity index (χ4n) is 3.01. The second kappa shape index (κ2) is 7.50. The van der Waals surface area contributed by atoms with E-state index >= 15 is 0 Å². The Labute approximate surface area is 124 Å². The zero-order valence-electron chi connectivity index (χ0n) is 12.1. The number of rotatable bonds is 8. The van der Waals surface area contributed by atoms with Gasteiger partial charge in [0, 0.05) is 0 Å². The van der Waals surface area contributed by atoms with Gasteiger partial charge in [0.1, 0.15) is 0 Å². The van der Waals surface area contributed by atoms with Gasteiger partial charge in [-0.3, -0.25) is 0 Å². The summed E-state index contributed by atoms with van der Waals surface area (Å²) in [6.45, 7) is 2.30. The molecule has 2 rings (SSSR count). The van der Waals surface area contributed by atoms with Crippen molar-refractivity contribution in [2.45, 2.75) is 67.4 Å². The van der Waals surface area contributed by atoms with Crippen LogP contribution in [-0.4, -0.2) is 27.0 Å². The number of aryl methyl sites for hydroxylation is 1. The third-order valence-corrected chi connectivity index (χ3v) is 8.93. The Morgan fingerprint density at radius 3 is 2.58 bits per heavy atom. The molecule has 1 aliphatic rings. The molecular formula is C17H27AsO. The van der Waals surface area contributed by atoms with Crippen molar-refractivity contribution in [3.8, 4) is 0 Å². The van der Waals surface area contributed by atoms with Crippen LogP contribution in [0.1, 0.15) is 51.0 Å². The van der Waals surface area contributed by atoms with Crippen molar-refractivity contribution in [3.63, 3.8) is 0 Å². The Bertz CT molecular complexity index is 359. The second-order valence-corrected chi connectivity index (χ2v) is 9.77. The van der Waals surface area contributed by atoms with Crippen LogP contribution in [0.2, 0.25) is 9.41 Å². The van der Waals surface area contributed by atoms with E-state index in [9.17, 15) is 5.11 Å². The van der Waals surface area contributed by atoms with Gasteiger partial charge in [0.2, 0.25) is 0 Å². The molecule has 1 saturated carbocycles. The molecule has 0 aromatic heterocycles. The Balaban J connectivity index is 1.68. The van der Waals surface area contributed by atoms with Gasteiger partial charge in [-0.1, -0.05) is 0 Å². The van der Waals surface area contributed by atoms with Crippen LogP contribution in [-0.2, 0) is 6.42 Å². The van der Waals surface area contributed by atoms with Crippen molar-refractivity contribution in [1.82, 2.24) is 0 Å². The minimum absolute atomic E-state index is 0.0396. The first-order valence-electron chi connectivity index (χ1n) is 7.71. The van der Waals surface area contributed by atoms with E-state index in [2.05, 4.69) is 37.3 Å². The van der Waals surface area contributed by atoms with Gasteiger partial charge in [0.25, 0.3) is 0 Å². The van der Waals surface area contributed by atoms with Gasteiger partial charge in [-0.25, -0.2) is 0 Å². The summed E-state index contributed by atoms with van der Waals surface area (Å²) in [5.74, 6) is 0. The monoisotopic (exact) mass is 322 g/mol. The number of hydrogen-bond donors (Lipinski definition) is 1. The molecule has 1 aliphatic carbocycles. The summed E-state index contributed by atoms with van der Waals surface area (Å²) in [6.07, 6.45) is 8.98. The van der Waals surface area contributed by atoms with Gasteiger partial charge in [-0.2, -0.15) is 0 Å². The summed E-state index contributed by atoms with van der Waals surface area (Å²) < 4.78 is 0.725. The molecule has 106 valence electrons. The molecule has 0 spiro atoms. The summed E-state index contributed by atoms with van der Waals surface area (Å²) in [4.78, 5) is 0. The molecule has 1 N–H and O–H groups in total. The first kappa shape index (κ1) is 15.1. The molecule has 0 radical (unpaired) electrons. The van der Waals surface area contributed by atoms with Crippen molar-refractivity contribution in [3.05, 3.63) is 35.9 Å². The maximum absolute atomic E-state index is 10.2. The van der Waals surface area contributed by atoms with Crippen LogP contribution in [0.3, 0.4) is 0 Å². The summed E-state index contributed by atoms with van der Waals surface area (Å²) in [5, 5.41) is 11.3. The Morgan fingerprint density at radius 1 is 1.26 bits per heavy atom. The van der Waals surface area contributed by atoms with Crippen LogP contribution in [0.5, 0.6) is 0 Å². The third kappa shape index (κ3) is 4.65. The minimum atomic E-state index is -0.0606. The zero-order valence-corrected chi connectivity index (χ0v) is 14.2. The van der Waals surface area contributed by atoms with Gasteiger partial charge in [0.05, 0.1) is 0 Å². The van der Waals surface area contributed by atoms with Crippen LogP contribution < -0.4 is 0 Å². The van der Waals surface area contributed by atoms with Crippen LogP contribution >= 0.6 is 0 Å². The van der Waals surface area contributed by atoms with Crippen molar-refractivity contribution < 1.29 is 5.11 Å². The number of aliphatic hydroxyl groups is 1. The second-order valence-electron chi connectivity index (χ2n) is 5.94. The first-order chi connectivity index (χ1) is 9.24. The molecule has 0 aliphatic heterocycles. The predicted octanol–water partition coefficient (Wildman–Crippen LogP) is 3.98. The van der Waals surface area contributed by atoms with E-state index in [0.29, 0.717) is 0 Å². The van der Waals surface area contributed by atoms with Crippen molar-refractivity contribution in [2.75, 3.05) is 0 Å². The van der Waals surface area contributed by atoms with Crippen LogP contribution in [0.25, 0.3) is 0 Å². The van der Waals surface area contributed by atoms with Gasteiger partial charge >= 0.3 is 124 Å². The quantitative estimate of drug-likeness (QED) is 0.718. The van der Waals surface area contributed by atoms with Crippen LogP contribution in [0.4, 0.5) is 0 Å². The molecule has 1 fully saturated rings. The van der Waals surface area contributed by atoms with E-state index in [1.54, 1.807) is 0 Å². The van der Waals surface area contributed by atoms with E-state index in [-0.39, 0.29) is 21.9 Å². The molecule has 2 atom stereocenters. The number of aliphatic hydroxyl groups excluding tert-OH is 1. The average molecular weight is 322 g/mol. The maximum atomic E-state index is 10.2. The molecular weight excluding hydrogens is 295 g/mol. The third-order valence-electron chi connectivity index (χ3n) is 4.36. The molecule has 1 aromatic rings. The van der Waals surface area contributed by atoms with Crippen molar-refractivity contribution in [2.24, 2.45) is 0 Å². The van der Waals surface area contributed by atoms with Crippen LogP contribution in [0.15, 0.2) is 30.3 Å². The summed E-state index contributed by atoms with van der Waals surface area (Å²) in [5.41, 5.74) is 1.36. The molecule has 1 nitrogen and oxygen atoms in total. The molecule has 19 heavy (non-hydrogen) atoms. The summed E-state index contributed by atoms with van der Waals surface area (Å²) >= 11 is 0.0396. The van der Waals surface area contributed by atoms with Crippen LogP contribution in [0, 0.1) is 0 Å². The molecule has 0 saturated heterocycles. The van der Waals surface area contributed by atoms with Gasteiger partial charge in [0.15, 0.2) is 0 Å². The standard InChI is InChI=1S/C17H27AsO/c1-2-11-17(12-6-13-17)18-14-16(19)10-9-15-7-4-3-5-8-15/h3-5,7-8,16,18-19H,2,6,9-14H2,1H3/t16-/m1/s1. The van der Waals surface area contributed by atoms with E-state index in [4.69, 9.17) is 0 Å². The molecule has 0 heterocycles. The zero-order chi connectivity index (χ0) is 13.6. The Hall–Kier alpha value is -0.262. The van der Waals surface area contributed by atoms with E-state index in [1.165, 1.54) is 37.7 Å². The van der Waals surface area contributed by atoms with E-state index in [0.717, 1.165) is 22.3 Å². The fourth-order valence-corrected chi connectivity index (χ4v) is 7.22. The summed E-state index contributed by atoms with van der Waals surface area (Å²) in [6, 6.07) is 10.5. The Morgan fingerprint density at radius 2 is 2.00 bits per heavy atom. The topological polar surface area (TPSA) is 20.2 Å². The average Bonchev–Trinajstić information content (AvgIpc) is 2.40. The molecule has 1 aromatic carbocycles. The van der Waals surface area contributed by atoms with Gasteiger partial charge < -0.3 is 0 Å². The molecule has 0 amide bonds. The van der Waals surface area contributed by atoms with Gasteiger partial charge in [-0.05, 0) is 0 Å². The molecule has 0 bridgehead atoms. The Kier molecular flexibility index (Phi) is 5.98. The molecule has 2 heteroatoms. The van der Waals surface area contributed by atoms with Crippen molar-refractivity contribution in [1.29, 1.82) is 0 Å². The predicted molar refractivity (Wildman–Crippen MR) is 84.2 cm³/mol. The van der Waals surface area contributed by atoms with Gasteiger partial charge in [-0.15, -0.1) is 0 Å². The van der Waals surface area contributed by atoms with Crippen molar-refractivity contribution >= 4 is 15.8 Å². The number of hydrogen-bond acceptors (Lipinski definition) is 1.